The zero-order valence-corrected chi connectivity index (χ0v) is 14.7. The van der Waals surface area contributed by atoms with E-state index in [2.05, 4.69) is 33.2 Å². The number of amides is 1. The Balaban J connectivity index is 2.30. The van der Waals surface area contributed by atoms with Gasteiger partial charge in [-0.25, -0.2) is 4.98 Å². The highest BCUT2D eigenvalue weighted by Gasteiger charge is 2.16. The first kappa shape index (κ1) is 16.3. The number of carbonyl (C=O) groups is 1. The summed E-state index contributed by atoms with van der Waals surface area (Å²) >= 11 is 15.3. The molecule has 0 unspecified atom stereocenters. The second-order valence-electron chi connectivity index (χ2n) is 4.62. The summed E-state index contributed by atoms with van der Waals surface area (Å²) in [6.07, 6.45) is 2.82. The summed E-state index contributed by atoms with van der Waals surface area (Å²) in [7, 11) is 0. The maximum atomic E-state index is 12.4. The molecule has 7 heteroatoms. The first-order valence-corrected chi connectivity index (χ1v) is 7.97. The van der Waals surface area contributed by atoms with Crippen molar-refractivity contribution in [3.8, 4) is 0 Å². The molecule has 112 valence electrons. The lowest BCUT2D eigenvalue weighted by atomic mass is 10.2. The number of halogens is 3. The fourth-order valence-electron chi connectivity index (χ4n) is 2.01. The third kappa shape index (κ3) is 3.78. The van der Waals surface area contributed by atoms with E-state index in [1.165, 1.54) is 0 Å². The Kier molecular flexibility index (Phi) is 5.30. The van der Waals surface area contributed by atoms with Crippen molar-refractivity contribution in [3.05, 3.63) is 44.4 Å². The molecule has 0 spiro atoms. The predicted octanol–water partition coefficient (Wildman–Crippen LogP) is 4.92. The van der Waals surface area contributed by atoms with Gasteiger partial charge in [0.2, 0.25) is 0 Å². The van der Waals surface area contributed by atoms with Crippen molar-refractivity contribution in [1.82, 2.24) is 9.55 Å². The molecule has 0 aliphatic rings. The number of rotatable bonds is 4. The summed E-state index contributed by atoms with van der Waals surface area (Å²) in [6, 6.07) is 3.43. The molecule has 0 atom stereocenters. The van der Waals surface area contributed by atoms with Gasteiger partial charge in [-0.15, -0.1) is 0 Å². The molecule has 0 aliphatic heterocycles. The molecule has 0 aromatic carbocycles. The number of pyridine rings is 1. The van der Waals surface area contributed by atoms with Crippen molar-refractivity contribution in [2.24, 2.45) is 0 Å². The predicted molar refractivity (Wildman–Crippen MR) is 89.4 cm³/mol. The molecule has 1 N–H and O–H groups in total. The summed E-state index contributed by atoms with van der Waals surface area (Å²) in [6.45, 7) is 4.63. The number of aryl methyl sites for hydroxylation is 2. The highest BCUT2D eigenvalue weighted by atomic mass is 79.9. The lowest BCUT2D eigenvalue weighted by Crippen LogP contribution is -2.18. The van der Waals surface area contributed by atoms with Gasteiger partial charge >= 0.3 is 0 Å². The standard InChI is InChI=1S/C14H14BrCl2N3O/c1-3-4-20-7-9(15)6-10(20)14(21)19-12-8(2)5-11(16)18-13(12)17/h5-7H,3-4H2,1-2H3,(H,19,21). The van der Waals surface area contributed by atoms with Gasteiger partial charge in [0.15, 0.2) is 5.15 Å². The number of nitrogens with one attached hydrogen (secondary N) is 1. The van der Waals surface area contributed by atoms with Crippen molar-refractivity contribution in [2.75, 3.05) is 5.32 Å². The SMILES string of the molecule is CCCn1cc(Br)cc1C(=O)Nc1c(C)cc(Cl)nc1Cl. The second kappa shape index (κ2) is 6.81. The van der Waals surface area contributed by atoms with Crippen LogP contribution in [0.3, 0.4) is 0 Å². The van der Waals surface area contributed by atoms with Gasteiger partial charge in [-0.2, -0.15) is 0 Å². The van der Waals surface area contributed by atoms with Crippen molar-refractivity contribution in [2.45, 2.75) is 26.8 Å². The minimum Gasteiger partial charge on any atom is -0.342 e. The minimum absolute atomic E-state index is 0.181. The van der Waals surface area contributed by atoms with Crippen LogP contribution in [0.15, 0.2) is 22.8 Å². The molecule has 0 fully saturated rings. The van der Waals surface area contributed by atoms with Crippen LogP contribution in [0.4, 0.5) is 5.69 Å². The maximum Gasteiger partial charge on any atom is 0.272 e. The molecule has 0 bridgehead atoms. The van der Waals surface area contributed by atoms with E-state index in [4.69, 9.17) is 23.2 Å². The molecule has 2 aromatic heterocycles. The van der Waals surface area contributed by atoms with Gasteiger partial charge in [-0.05, 0) is 47.0 Å². The van der Waals surface area contributed by atoms with E-state index < -0.39 is 0 Å². The van der Waals surface area contributed by atoms with Crippen LogP contribution in [0.2, 0.25) is 10.3 Å². The van der Waals surface area contributed by atoms with Crippen LogP contribution >= 0.6 is 39.1 Å². The van der Waals surface area contributed by atoms with E-state index in [-0.39, 0.29) is 11.1 Å². The van der Waals surface area contributed by atoms with Crippen molar-refractivity contribution in [1.29, 1.82) is 0 Å². The average Bonchev–Trinajstić information content (AvgIpc) is 2.75. The fourth-order valence-corrected chi connectivity index (χ4v) is 3.06. The largest absolute Gasteiger partial charge is 0.342 e. The van der Waals surface area contributed by atoms with Crippen molar-refractivity contribution in [3.63, 3.8) is 0 Å². The van der Waals surface area contributed by atoms with Crippen molar-refractivity contribution < 1.29 is 4.79 Å². The Morgan fingerprint density at radius 1 is 1.43 bits per heavy atom. The first-order chi connectivity index (χ1) is 9.92. The highest BCUT2D eigenvalue weighted by Crippen LogP contribution is 2.27. The molecular weight excluding hydrogens is 377 g/mol. The molecule has 0 radical (unpaired) electrons. The average molecular weight is 391 g/mol. The van der Waals surface area contributed by atoms with Gasteiger partial charge in [0.25, 0.3) is 5.91 Å². The molecule has 4 nitrogen and oxygen atoms in total. The van der Waals surface area contributed by atoms with E-state index in [0.717, 1.165) is 23.0 Å². The smallest absolute Gasteiger partial charge is 0.272 e. The Morgan fingerprint density at radius 2 is 2.14 bits per heavy atom. The molecule has 2 rings (SSSR count). The normalized spacial score (nSPS) is 10.7. The van der Waals surface area contributed by atoms with E-state index in [9.17, 15) is 4.79 Å². The van der Waals surface area contributed by atoms with E-state index in [0.29, 0.717) is 16.5 Å². The molecule has 0 saturated carbocycles. The van der Waals surface area contributed by atoms with Gasteiger partial charge in [0, 0.05) is 17.2 Å². The number of hydrogen-bond acceptors (Lipinski definition) is 2. The zero-order valence-electron chi connectivity index (χ0n) is 11.6. The third-order valence-corrected chi connectivity index (χ3v) is 3.84. The van der Waals surface area contributed by atoms with Crippen LogP contribution in [0.25, 0.3) is 0 Å². The van der Waals surface area contributed by atoms with E-state index in [1.54, 1.807) is 12.1 Å². The summed E-state index contributed by atoms with van der Waals surface area (Å²) in [5.41, 5.74) is 1.81. The quantitative estimate of drug-likeness (QED) is 0.752. The number of nitrogens with zero attached hydrogens (tertiary/aromatic N) is 2. The Morgan fingerprint density at radius 3 is 2.76 bits per heavy atom. The summed E-state index contributed by atoms with van der Waals surface area (Å²) in [5, 5.41) is 3.28. The van der Waals surface area contributed by atoms with Crippen LogP contribution in [0, 0.1) is 6.92 Å². The lowest BCUT2D eigenvalue weighted by Gasteiger charge is -2.12. The first-order valence-electron chi connectivity index (χ1n) is 6.42. The molecule has 0 saturated heterocycles. The van der Waals surface area contributed by atoms with E-state index in [1.807, 2.05) is 17.7 Å². The molecule has 0 aliphatic carbocycles. The van der Waals surface area contributed by atoms with Crippen molar-refractivity contribution >= 4 is 50.7 Å². The Bertz CT molecular complexity index is 662. The third-order valence-electron chi connectivity index (χ3n) is 2.94. The summed E-state index contributed by atoms with van der Waals surface area (Å²) < 4.78 is 2.75. The summed E-state index contributed by atoms with van der Waals surface area (Å²) in [4.78, 5) is 16.4. The van der Waals surface area contributed by atoms with Gasteiger partial charge < -0.3 is 9.88 Å². The van der Waals surface area contributed by atoms with Gasteiger partial charge in [0.05, 0.1) is 5.69 Å². The molecular formula is C14H14BrCl2N3O. The number of carbonyl (C=O) groups excluding carboxylic acids is 1. The fraction of sp³-hybridized carbons (Fsp3) is 0.286. The Hall–Kier alpha value is -1.04. The number of aromatic nitrogens is 2. The minimum atomic E-state index is -0.233. The number of anilines is 1. The lowest BCUT2D eigenvalue weighted by molar-refractivity contribution is 0.101. The van der Waals surface area contributed by atoms with E-state index >= 15 is 0 Å². The van der Waals surface area contributed by atoms with Crippen LogP contribution in [0.1, 0.15) is 29.4 Å². The molecule has 2 aromatic rings. The van der Waals surface area contributed by atoms with Crippen LogP contribution in [-0.2, 0) is 6.54 Å². The maximum absolute atomic E-state index is 12.4. The van der Waals surface area contributed by atoms with Crippen LogP contribution < -0.4 is 5.32 Å². The highest BCUT2D eigenvalue weighted by molar-refractivity contribution is 9.10. The zero-order chi connectivity index (χ0) is 15.6. The molecule has 2 heterocycles. The molecule has 21 heavy (non-hydrogen) atoms. The number of hydrogen-bond donors (Lipinski definition) is 1. The van der Waals surface area contributed by atoms with Gasteiger partial charge in [0.1, 0.15) is 10.8 Å². The monoisotopic (exact) mass is 389 g/mol. The summed E-state index contributed by atoms with van der Waals surface area (Å²) in [5.74, 6) is -0.233. The van der Waals surface area contributed by atoms with Crippen LogP contribution in [-0.4, -0.2) is 15.5 Å². The topological polar surface area (TPSA) is 46.9 Å². The Labute approximate surface area is 141 Å². The van der Waals surface area contributed by atoms with Gasteiger partial charge in [-0.3, -0.25) is 4.79 Å². The van der Waals surface area contributed by atoms with Crippen LogP contribution in [0.5, 0.6) is 0 Å². The second-order valence-corrected chi connectivity index (χ2v) is 6.28. The van der Waals surface area contributed by atoms with Gasteiger partial charge in [-0.1, -0.05) is 30.1 Å². The molecule has 1 amide bonds.